The Bertz CT molecular complexity index is 525. The van der Waals surface area contributed by atoms with E-state index >= 15 is 0 Å². The Balaban J connectivity index is 2.27. The van der Waals surface area contributed by atoms with Crippen LogP contribution in [0.25, 0.3) is 0 Å². The highest BCUT2D eigenvalue weighted by Crippen LogP contribution is 2.17. The molecule has 0 bridgehead atoms. The van der Waals surface area contributed by atoms with Gasteiger partial charge in [0.25, 0.3) is 5.69 Å². The molecule has 1 aliphatic heterocycles. The zero-order valence-electron chi connectivity index (χ0n) is 9.92. The monoisotopic (exact) mass is 247 g/mol. The molecule has 0 fully saturated rings. The number of nitro benzene ring substituents is 1. The topological polar surface area (TPSA) is 84.6 Å². The molecule has 1 aromatic carbocycles. The van der Waals surface area contributed by atoms with Gasteiger partial charge in [0.1, 0.15) is 11.9 Å². The summed E-state index contributed by atoms with van der Waals surface area (Å²) >= 11 is 0. The highest BCUT2D eigenvalue weighted by Gasteiger charge is 2.26. The lowest BCUT2D eigenvalue weighted by Gasteiger charge is -2.00. The molecule has 0 spiro atoms. The van der Waals surface area contributed by atoms with Crippen molar-refractivity contribution in [2.45, 2.75) is 25.8 Å². The van der Waals surface area contributed by atoms with Crippen molar-refractivity contribution in [3.63, 3.8) is 0 Å². The number of nitrogens with one attached hydrogen (secondary N) is 1. The number of carbonyl (C=O) groups excluding carboxylic acids is 1. The van der Waals surface area contributed by atoms with Crippen LogP contribution in [-0.2, 0) is 4.79 Å². The lowest BCUT2D eigenvalue weighted by molar-refractivity contribution is -0.384. The van der Waals surface area contributed by atoms with Gasteiger partial charge in [-0.05, 0) is 6.42 Å². The Morgan fingerprint density at radius 1 is 1.50 bits per heavy atom. The standard InChI is InChI=1S/C12H13N3O3/c1-2-4-10-12(16)14-11(13-10)8-5-3-6-9(7-8)15(17)18/h3,5-7,10H,2,4H2,1H3,(H,13,14,16). The molecule has 1 aromatic rings. The Morgan fingerprint density at radius 2 is 2.28 bits per heavy atom. The first-order valence-corrected chi connectivity index (χ1v) is 5.75. The summed E-state index contributed by atoms with van der Waals surface area (Å²) in [7, 11) is 0. The predicted molar refractivity (Wildman–Crippen MR) is 66.5 cm³/mol. The highest BCUT2D eigenvalue weighted by atomic mass is 16.6. The van der Waals surface area contributed by atoms with Gasteiger partial charge >= 0.3 is 0 Å². The number of amidine groups is 1. The number of rotatable bonds is 4. The molecule has 1 unspecified atom stereocenters. The van der Waals surface area contributed by atoms with Gasteiger partial charge in [-0.2, -0.15) is 0 Å². The number of nitro groups is 1. The number of hydrogen-bond donors (Lipinski definition) is 1. The third kappa shape index (κ3) is 2.37. The molecule has 2 rings (SSSR count). The van der Waals surface area contributed by atoms with E-state index in [1.807, 2.05) is 6.92 Å². The summed E-state index contributed by atoms with van der Waals surface area (Å²) in [5.74, 6) is 0.278. The van der Waals surface area contributed by atoms with E-state index in [4.69, 9.17) is 0 Å². The zero-order valence-corrected chi connectivity index (χ0v) is 9.92. The van der Waals surface area contributed by atoms with E-state index in [9.17, 15) is 14.9 Å². The molecular formula is C12H13N3O3. The van der Waals surface area contributed by atoms with Crippen LogP contribution >= 0.6 is 0 Å². The van der Waals surface area contributed by atoms with Crippen LogP contribution in [0.15, 0.2) is 29.3 Å². The van der Waals surface area contributed by atoms with Gasteiger partial charge in [0.05, 0.1) is 4.92 Å². The first-order valence-electron chi connectivity index (χ1n) is 5.75. The van der Waals surface area contributed by atoms with Gasteiger partial charge in [0, 0.05) is 17.7 Å². The minimum absolute atomic E-state index is 0.0107. The van der Waals surface area contributed by atoms with Crippen LogP contribution in [0.3, 0.4) is 0 Å². The summed E-state index contributed by atoms with van der Waals surface area (Å²) in [5, 5.41) is 13.3. The number of aliphatic imine (C=N–C) groups is 1. The molecule has 0 saturated carbocycles. The fraction of sp³-hybridized carbons (Fsp3) is 0.333. The Labute approximate surface area is 104 Å². The van der Waals surface area contributed by atoms with Crippen molar-refractivity contribution in [1.82, 2.24) is 5.32 Å². The van der Waals surface area contributed by atoms with Crippen molar-refractivity contribution in [1.29, 1.82) is 0 Å². The van der Waals surface area contributed by atoms with Gasteiger partial charge in [0.2, 0.25) is 5.91 Å². The Morgan fingerprint density at radius 3 is 2.94 bits per heavy atom. The summed E-state index contributed by atoms with van der Waals surface area (Å²) in [6, 6.07) is 5.72. The van der Waals surface area contributed by atoms with Gasteiger partial charge in [0.15, 0.2) is 0 Å². The third-order valence-corrected chi connectivity index (χ3v) is 2.72. The molecule has 1 atom stereocenters. The van der Waals surface area contributed by atoms with Gasteiger partial charge in [-0.15, -0.1) is 0 Å². The van der Waals surface area contributed by atoms with Crippen LogP contribution < -0.4 is 5.32 Å². The van der Waals surface area contributed by atoms with E-state index in [1.54, 1.807) is 12.1 Å². The first-order chi connectivity index (χ1) is 8.61. The van der Waals surface area contributed by atoms with Crippen LogP contribution in [0, 0.1) is 10.1 Å². The molecule has 0 aromatic heterocycles. The molecule has 6 heteroatoms. The maximum Gasteiger partial charge on any atom is 0.270 e. The molecule has 1 aliphatic rings. The van der Waals surface area contributed by atoms with Crippen LogP contribution in [0.1, 0.15) is 25.3 Å². The van der Waals surface area contributed by atoms with Crippen LogP contribution in [0.2, 0.25) is 0 Å². The van der Waals surface area contributed by atoms with E-state index in [0.717, 1.165) is 6.42 Å². The minimum Gasteiger partial charge on any atom is -0.309 e. The van der Waals surface area contributed by atoms with Crippen molar-refractivity contribution < 1.29 is 9.72 Å². The molecule has 1 N–H and O–H groups in total. The number of nitrogens with zero attached hydrogens (tertiary/aromatic N) is 2. The van der Waals surface area contributed by atoms with Gasteiger partial charge in [-0.3, -0.25) is 19.9 Å². The van der Waals surface area contributed by atoms with E-state index in [1.165, 1.54) is 12.1 Å². The van der Waals surface area contributed by atoms with E-state index in [0.29, 0.717) is 17.8 Å². The molecule has 0 radical (unpaired) electrons. The number of non-ortho nitro benzene ring substituents is 1. The molecular weight excluding hydrogens is 234 g/mol. The van der Waals surface area contributed by atoms with Gasteiger partial charge in [-0.25, -0.2) is 0 Å². The quantitative estimate of drug-likeness (QED) is 0.648. The SMILES string of the molecule is CCCC1N=C(c2cccc([N+](=O)[O-])c2)NC1=O. The second-order valence-corrected chi connectivity index (χ2v) is 4.08. The predicted octanol–water partition coefficient (Wildman–Crippen LogP) is 1.64. The first kappa shape index (κ1) is 12.2. The van der Waals surface area contributed by atoms with Crippen LogP contribution in [0.4, 0.5) is 5.69 Å². The summed E-state index contributed by atoms with van der Waals surface area (Å²) in [4.78, 5) is 26.1. The fourth-order valence-electron chi connectivity index (χ4n) is 1.83. The molecule has 1 amide bonds. The van der Waals surface area contributed by atoms with Crippen molar-refractivity contribution in [3.05, 3.63) is 39.9 Å². The van der Waals surface area contributed by atoms with Crippen LogP contribution in [-0.4, -0.2) is 22.7 Å². The van der Waals surface area contributed by atoms with E-state index in [-0.39, 0.29) is 17.6 Å². The second-order valence-electron chi connectivity index (χ2n) is 4.08. The smallest absolute Gasteiger partial charge is 0.270 e. The molecule has 0 aliphatic carbocycles. The van der Waals surface area contributed by atoms with E-state index < -0.39 is 4.92 Å². The summed E-state index contributed by atoms with van der Waals surface area (Å²) in [6.07, 6.45) is 1.55. The minimum atomic E-state index is -0.468. The number of hydrogen-bond acceptors (Lipinski definition) is 4. The van der Waals surface area contributed by atoms with Crippen molar-refractivity contribution in [3.8, 4) is 0 Å². The lowest BCUT2D eigenvalue weighted by atomic mass is 10.2. The normalized spacial score (nSPS) is 18.4. The van der Waals surface area contributed by atoms with Crippen LogP contribution in [0.5, 0.6) is 0 Å². The average Bonchev–Trinajstić information content (AvgIpc) is 2.72. The third-order valence-electron chi connectivity index (χ3n) is 2.72. The zero-order chi connectivity index (χ0) is 13.1. The van der Waals surface area contributed by atoms with Crippen molar-refractivity contribution >= 4 is 17.4 Å². The summed E-state index contributed by atoms with van der Waals surface area (Å²) < 4.78 is 0. The Hall–Kier alpha value is -2.24. The average molecular weight is 247 g/mol. The summed E-state index contributed by atoms with van der Waals surface area (Å²) in [5.41, 5.74) is 0.555. The largest absolute Gasteiger partial charge is 0.309 e. The molecule has 1 heterocycles. The Kier molecular flexibility index (Phi) is 3.36. The van der Waals surface area contributed by atoms with Crippen molar-refractivity contribution in [2.24, 2.45) is 4.99 Å². The summed E-state index contributed by atoms with van der Waals surface area (Å²) in [6.45, 7) is 1.98. The fourth-order valence-corrected chi connectivity index (χ4v) is 1.83. The molecule has 94 valence electrons. The maximum absolute atomic E-state index is 11.6. The highest BCUT2D eigenvalue weighted by molar-refractivity contribution is 6.13. The maximum atomic E-state index is 11.6. The number of carbonyl (C=O) groups is 1. The van der Waals surface area contributed by atoms with E-state index in [2.05, 4.69) is 10.3 Å². The van der Waals surface area contributed by atoms with Gasteiger partial charge in [-0.1, -0.05) is 25.5 Å². The number of benzene rings is 1. The second kappa shape index (κ2) is 4.95. The van der Waals surface area contributed by atoms with Gasteiger partial charge < -0.3 is 5.32 Å². The molecule has 18 heavy (non-hydrogen) atoms. The lowest BCUT2D eigenvalue weighted by Crippen LogP contribution is -2.29. The van der Waals surface area contributed by atoms with Crippen molar-refractivity contribution in [2.75, 3.05) is 0 Å². The number of amides is 1. The molecule has 6 nitrogen and oxygen atoms in total. The molecule has 0 saturated heterocycles.